The highest BCUT2D eigenvalue weighted by Crippen LogP contribution is 2.46. The van der Waals surface area contributed by atoms with Crippen LogP contribution in [0.1, 0.15) is 12.0 Å². The lowest BCUT2D eigenvalue weighted by atomic mass is 9.81. The zero-order valence-corrected chi connectivity index (χ0v) is 16.2. The zero-order chi connectivity index (χ0) is 19.9. The SMILES string of the molecule is COc1ccc(NC(=O)N2CC[C@]3(C2)C(=O)N(C)c2ccccc23)c(OC)c1. The highest BCUT2D eigenvalue weighted by molar-refractivity contribution is 6.08. The third kappa shape index (κ3) is 2.66. The number of rotatable bonds is 3. The van der Waals surface area contributed by atoms with Gasteiger partial charge in [0.2, 0.25) is 5.91 Å². The largest absolute Gasteiger partial charge is 0.497 e. The van der Waals surface area contributed by atoms with Crippen LogP contribution < -0.4 is 19.7 Å². The lowest BCUT2D eigenvalue weighted by Crippen LogP contribution is -2.42. The number of likely N-dealkylation sites (tertiary alicyclic amines) is 1. The lowest BCUT2D eigenvalue weighted by Gasteiger charge is -2.24. The summed E-state index contributed by atoms with van der Waals surface area (Å²) < 4.78 is 10.5. The van der Waals surface area contributed by atoms with Gasteiger partial charge in [-0.3, -0.25) is 4.79 Å². The molecule has 4 rings (SSSR count). The summed E-state index contributed by atoms with van der Waals surface area (Å²) in [5.41, 5.74) is 1.82. The van der Waals surface area contributed by atoms with Gasteiger partial charge in [0, 0.05) is 31.9 Å². The minimum atomic E-state index is -0.660. The summed E-state index contributed by atoms with van der Waals surface area (Å²) in [7, 11) is 4.91. The molecule has 2 aliphatic rings. The number of likely N-dealkylation sites (N-methyl/N-ethyl adjacent to an activating group) is 1. The Kier molecular flexibility index (Phi) is 4.37. The first-order valence-corrected chi connectivity index (χ1v) is 9.16. The maximum absolute atomic E-state index is 13.0. The summed E-state index contributed by atoms with van der Waals surface area (Å²) in [6.07, 6.45) is 0.611. The molecule has 0 aromatic heterocycles. The van der Waals surface area contributed by atoms with Crippen LogP contribution in [0.15, 0.2) is 42.5 Å². The molecule has 1 fully saturated rings. The Morgan fingerprint density at radius 1 is 1.14 bits per heavy atom. The second kappa shape index (κ2) is 6.74. The van der Waals surface area contributed by atoms with E-state index in [0.29, 0.717) is 36.7 Å². The highest BCUT2D eigenvalue weighted by Gasteiger charge is 2.54. The van der Waals surface area contributed by atoms with E-state index in [1.54, 1.807) is 49.3 Å². The van der Waals surface area contributed by atoms with Crippen molar-refractivity contribution in [1.82, 2.24) is 4.90 Å². The minimum absolute atomic E-state index is 0.0472. The van der Waals surface area contributed by atoms with Crippen LogP contribution >= 0.6 is 0 Å². The molecule has 2 heterocycles. The number of anilines is 2. The molecule has 1 saturated heterocycles. The smallest absolute Gasteiger partial charge is 0.321 e. The molecule has 2 aliphatic heterocycles. The Bertz CT molecular complexity index is 945. The Hall–Kier alpha value is -3.22. The van der Waals surface area contributed by atoms with Crippen molar-refractivity contribution in [1.29, 1.82) is 0 Å². The van der Waals surface area contributed by atoms with Crippen molar-refractivity contribution in [2.24, 2.45) is 0 Å². The van der Waals surface area contributed by atoms with Crippen molar-refractivity contribution in [3.8, 4) is 11.5 Å². The maximum Gasteiger partial charge on any atom is 0.321 e. The predicted molar refractivity (Wildman–Crippen MR) is 106 cm³/mol. The second-order valence-corrected chi connectivity index (χ2v) is 7.13. The van der Waals surface area contributed by atoms with Crippen molar-refractivity contribution in [2.75, 3.05) is 44.6 Å². The van der Waals surface area contributed by atoms with E-state index in [2.05, 4.69) is 5.32 Å². The van der Waals surface area contributed by atoms with E-state index in [1.165, 1.54) is 0 Å². The third-order valence-corrected chi connectivity index (χ3v) is 5.70. The highest BCUT2D eigenvalue weighted by atomic mass is 16.5. The van der Waals surface area contributed by atoms with Gasteiger partial charge in [0.1, 0.15) is 11.5 Å². The summed E-state index contributed by atoms with van der Waals surface area (Å²) in [6.45, 7) is 0.871. The summed E-state index contributed by atoms with van der Waals surface area (Å²) in [4.78, 5) is 29.3. The molecule has 1 spiro atoms. The van der Waals surface area contributed by atoms with Crippen molar-refractivity contribution in [2.45, 2.75) is 11.8 Å². The van der Waals surface area contributed by atoms with Gasteiger partial charge in [-0.15, -0.1) is 0 Å². The predicted octanol–water partition coefficient (Wildman–Crippen LogP) is 2.86. The molecular formula is C21H23N3O4. The number of hydrogen-bond donors (Lipinski definition) is 1. The van der Waals surface area contributed by atoms with Gasteiger partial charge >= 0.3 is 6.03 Å². The van der Waals surface area contributed by atoms with E-state index in [-0.39, 0.29) is 11.9 Å². The molecule has 0 saturated carbocycles. The van der Waals surface area contributed by atoms with Gasteiger partial charge in [-0.2, -0.15) is 0 Å². The van der Waals surface area contributed by atoms with Crippen LogP contribution in [-0.2, 0) is 10.2 Å². The Morgan fingerprint density at radius 3 is 2.68 bits per heavy atom. The van der Waals surface area contributed by atoms with Gasteiger partial charge in [-0.1, -0.05) is 18.2 Å². The van der Waals surface area contributed by atoms with Crippen molar-refractivity contribution in [3.63, 3.8) is 0 Å². The summed E-state index contributed by atoms with van der Waals surface area (Å²) in [6, 6.07) is 12.8. The lowest BCUT2D eigenvalue weighted by molar-refractivity contribution is -0.122. The molecule has 28 heavy (non-hydrogen) atoms. The van der Waals surface area contributed by atoms with Crippen LogP contribution in [0.5, 0.6) is 11.5 Å². The minimum Gasteiger partial charge on any atom is -0.497 e. The molecule has 3 amide bonds. The standard InChI is InChI=1S/C21H23N3O4/c1-23-17-7-5-4-6-15(17)21(19(23)25)10-11-24(13-21)20(26)22-16-9-8-14(27-2)12-18(16)28-3/h4-9,12H,10-11,13H2,1-3H3,(H,22,26)/t21-/m1/s1. The number of urea groups is 1. The second-order valence-electron chi connectivity index (χ2n) is 7.13. The number of carbonyl (C=O) groups excluding carboxylic acids is 2. The molecule has 0 aliphatic carbocycles. The molecule has 2 aromatic carbocycles. The van der Waals surface area contributed by atoms with E-state index in [1.807, 2.05) is 24.3 Å². The van der Waals surface area contributed by atoms with E-state index in [9.17, 15) is 9.59 Å². The number of benzene rings is 2. The maximum atomic E-state index is 13.0. The number of para-hydroxylation sites is 1. The molecule has 2 aromatic rings. The molecule has 0 bridgehead atoms. The summed E-state index contributed by atoms with van der Waals surface area (Å²) in [5.74, 6) is 1.21. The number of nitrogens with zero attached hydrogens (tertiary/aromatic N) is 2. The van der Waals surface area contributed by atoms with Crippen LogP contribution in [0.2, 0.25) is 0 Å². The van der Waals surface area contributed by atoms with Crippen molar-refractivity contribution in [3.05, 3.63) is 48.0 Å². The van der Waals surface area contributed by atoms with Crippen LogP contribution in [-0.4, -0.2) is 51.2 Å². The van der Waals surface area contributed by atoms with Crippen LogP contribution in [0.3, 0.4) is 0 Å². The number of hydrogen-bond acceptors (Lipinski definition) is 4. The summed E-state index contributed by atoms with van der Waals surface area (Å²) in [5, 5.41) is 2.89. The van der Waals surface area contributed by atoms with Crippen LogP contribution in [0, 0.1) is 0 Å². The average Bonchev–Trinajstić information content (AvgIpc) is 3.26. The Morgan fingerprint density at radius 2 is 1.93 bits per heavy atom. The number of amides is 3. The van der Waals surface area contributed by atoms with E-state index < -0.39 is 5.41 Å². The molecular weight excluding hydrogens is 358 g/mol. The van der Waals surface area contributed by atoms with Gasteiger partial charge in [0.25, 0.3) is 0 Å². The van der Waals surface area contributed by atoms with Gasteiger partial charge in [0.15, 0.2) is 0 Å². The molecule has 7 nitrogen and oxygen atoms in total. The van der Waals surface area contributed by atoms with E-state index in [0.717, 1.165) is 11.3 Å². The number of nitrogens with one attached hydrogen (secondary N) is 1. The van der Waals surface area contributed by atoms with Crippen LogP contribution in [0.25, 0.3) is 0 Å². The zero-order valence-electron chi connectivity index (χ0n) is 16.2. The van der Waals surface area contributed by atoms with Gasteiger partial charge < -0.3 is 24.6 Å². The Labute approximate surface area is 163 Å². The molecule has 146 valence electrons. The van der Waals surface area contributed by atoms with Crippen LogP contribution in [0.4, 0.5) is 16.2 Å². The quantitative estimate of drug-likeness (QED) is 0.888. The normalized spacial score (nSPS) is 20.5. The molecule has 7 heteroatoms. The fourth-order valence-corrected chi connectivity index (χ4v) is 4.19. The topological polar surface area (TPSA) is 71.1 Å². The Balaban J connectivity index is 1.55. The monoisotopic (exact) mass is 381 g/mol. The summed E-state index contributed by atoms with van der Waals surface area (Å²) >= 11 is 0. The first-order valence-electron chi connectivity index (χ1n) is 9.16. The average molecular weight is 381 g/mol. The molecule has 1 N–H and O–H groups in total. The molecule has 0 unspecified atom stereocenters. The fourth-order valence-electron chi connectivity index (χ4n) is 4.19. The number of ether oxygens (including phenoxy) is 2. The third-order valence-electron chi connectivity index (χ3n) is 5.70. The van der Waals surface area contributed by atoms with E-state index >= 15 is 0 Å². The number of methoxy groups -OCH3 is 2. The molecule has 0 radical (unpaired) electrons. The van der Waals surface area contributed by atoms with Gasteiger partial charge in [0.05, 0.1) is 25.3 Å². The molecule has 1 atom stereocenters. The first kappa shape index (κ1) is 18.2. The van der Waals surface area contributed by atoms with Gasteiger partial charge in [-0.25, -0.2) is 4.79 Å². The van der Waals surface area contributed by atoms with Gasteiger partial charge in [-0.05, 0) is 30.2 Å². The number of carbonyl (C=O) groups is 2. The fraction of sp³-hybridized carbons (Fsp3) is 0.333. The first-order chi connectivity index (χ1) is 13.5. The van der Waals surface area contributed by atoms with Crippen molar-refractivity contribution < 1.29 is 19.1 Å². The number of fused-ring (bicyclic) bond motifs is 2. The van der Waals surface area contributed by atoms with E-state index in [4.69, 9.17) is 9.47 Å². The van der Waals surface area contributed by atoms with Crippen molar-refractivity contribution >= 4 is 23.3 Å².